The third-order valence-electron chi connectivity index (χ3n) is 4.09. The van der Waals surface area contributed by atoms with Crippen LogP contribution in [0.2, 0.25) is 0 Å². The second-order valence-electron chi connectivity index (χ2n) is 5.83. The number of thioether (sulfide) groups is 1. The van der Waals surface area contributed by atoms with Gasteiger partial charge < -0.3 is 10.2 Å². The molecule has 1 amide bonds. The average molecular weight is 306 g/mol. The molecule has 1 N–H and O–H groups in total. The van der Waals surface area contributed by atoms with Gasteiger partial charge in [-0.2, -0.15) is 0 Å². The molecule has 0 aliphatic carbocycles. The molecule has 4 heteroatoms. The lowest BCUT2D eigenvalue weighted by Crippen LogP contribution is -2.45. The minimum atomic E-state index is 0.162. The van der Waals surface area contributed by atoms with E-state index >= 15 is 0 Å². The first-order chi connectivity index (χ1) is 10.1. The quantitative estimate of drug-likeness (QED) is 0.849. The maximum Gasteiger partial charge on any atom is 0.230 e. The highest BCUT2D eigenvalue weighted by Gasteiger charge is 2.19. The number of benzene rings is 1. The fourth-order valence-electron chi connectivity index (χ4n) is 2.77. The lowest BCUT2D eigenvalue weighted by molar-refractivity contribution is -0.119. The van der Waals surface area contributed by atoms with Gasteiger partial charge in [-0.15, -0.1) is 11.8 Å². The van der Waals surface area contributed by atoms with Crippen molar-refractivity contribution in [2.75, 3.05) is 25.4 Å². The average Bonchev–Trinajstić information content (AvgIpc) is 2.47. The highest BCUT2D eigenvalue weighted by molar-refractivity contribution is 8.00. The van der Waals surface area contributed by atoms with E-state index in [1.54, 1.807) is 11.8 Å². The summed E-state index contributed by atoms with van der Waals surface area (Å²) in [6, 6.07) is 6.75. The van der Waals surface area contributed by atoms with E-state index in [0.717, 1.165) is 32.5 Å². The van der Waals surface area contributed by atoms with Crippen LogP contribution in [-0.2, 0) is 4.79 Å². The molecule has 1 aliphatic rings. The van der Waals surface area contributed by atoms with Crippen molar-refractivity contribution in [2.45, 2.75) is 44.6 Å². The number of likely N-dealkylation sites (tertiary alicyclic amines) is 1. The second-order valence-corrected chi connectivity index (χ2v) is 6.85. The minimum Gasteiger partial charge on any atom is -0.353 e. The number of aryl methyl sites for hydroxylation is 2. The molecule has 1 fully saturated rings. The fourth-order valence-corrected chi connectivity index (χ4v) is 3.59. The summed E-state index contributed by atoms with van der Waals surface area (Å²) in [5.41, 5.74) is 2.52. The van der Waals surface area contributed by atoms with Crippen LogP contribution in [0.1, 0.15) is 30.9 Å². The zero-order valence-electron chi connectivity index (χ0n) is 13.3. The van der Waals surface area contributed by atoms with E-state index in [0.29, 0.717) is 11.8 Å². The Morgan fingerprint density at radius 1 is 1.33 bits per heavy atom. The van der Waals surface area contributed by atoms with Crippen LogP contribution in [0.4, 0.5) is 0 Å². The molecule has 0 radical (unpaired) electrons. The van der Waals surface area contributed by atoms with Crippen molar-refractivity contribution >= 4 is 17.7 Å². The van der Waals surface area contributed by atoms with Crippen molar-refractivity contribution in [1.82, 2.24) is 10.2 Å². The Hall–Kier alpha value is -1.00. The fraction of sp³-hybridized carbons (Fsp3) is 0.588. The monoisotopic (exact) mass is 306 g/mol. The first kappa shape index (κ1) is 16.4. The first-order valence-electron chi connectivity index (χ1n) is 7.80. The van der Waals surface area contributed by atoms with Crippen LogP contribution in [0.3, 0.4) is 0 Å². The van der Waals surface area contributed by atoms with Crippen molar-refractivity contribution in [2.24, 2.45) is 0 Å². The summed E-state index contributed by atoms with van der Waals surface area (Å²) in [4.78, 5) is 15.7. The Labute approximate surface area is 132 Å². The third-order valence-corrected chi connectivity index (χ3v) is 5.26. The second kappa shape index (κ2) is 7.85. The zero-order chi connectivity index (χ0) is 15.2. The number of nitrogens with zero attached hydrogens (tertiary/aromatic N) is 1. The van der Waals surface area contributed by atoms with Gasteiger partial charge in [0.05, 0.1) is 5.75 Å². The van der Waals surface area contributed by atoms with Crippen LogP contribution in [0, 0.1) is 13.8 Å². The van der Waals surface area contributed by atoms with Crippen LogP contribution in [0.25, 0.3) is 0 Å². The molecular weight excluding hydrogens is 280 g/mol. The van der Waals surface area contributed by atoms with Crippen molar-refractivity contribution in [1.29, 1.82) is 0 Å². The van der Waals surface area contributed by atoms with E-state index in [1.165, 1.54) is 16.0 Å². The van der Waals surface area contributed by atoms with Gasteiger partial charge in [0.1, 0.15) is 0 Å². The number of hydrogen-bond donors (Lipinski definition) is 1. The Kier molecular flexibility index (Phi) is 6.12. The van der Waals surface area contributed by atoms with Gasteiger partial charge in [-0.3, -0.25) is 4.79 Å². The van der Waals surface area contributed by atoms with Crippen LogP contribution in [0.5, 0.6) is 0 Å². The SMILES string of the molecule is CCN1CCC(NC(=O)CSc2ccc(C)cc2C)CC1. The Bertz CT molecular complexity index is 482. The molecule has 21 heavy (non-hydrogen) atoms. The standard InChI is InChI=1S/C17H26N2OS/c1-4-19-9-7-15(8-10-19)18-17(20)12-21-16-6-5-13(2)11-14(16)3/h5-6,11,15H,4,7-10,12H2,1-3H3,(H,18,20). The molecule has 1 aliphatic heterocycles. The van der Waals surface area contributed by atoms with Gasteiger partial charge in [-0.05, 0) is 44.9 Å². The molecule has 0 spiro atoms. The molecular formula is C17H26N2OS. The van der Waals surface area contributed by atoms with Crippen molar-refractivity contribution < 1.29 is 4.79 Å². The van der Waals surface area contributed by atoms with Crippen molar-refractivity contribution in [3.8, 4) is 0 Å². The van der Waals surface area contributed by atoms with Crippen LogP contribution < -0.4 is 5.32 Å². The van der Waals surface area contributed by atoms with Gasteiger partial charge >= 0.3 is 0 Å². The summed E-state index contributed by atoms with van der Waals surface area (Å²) in [6.45, 7) is 9.71. The van der Waals surface area contributed by atoms with Gasteiger partial charge in [-0.1, -0.05) is 24.6 Å². The maximum absolute atomic E-state index is 12.1. The van der Waals surface area contributed by atoms with E-state index in [2.05, 4.69) is 49.2 Å². The first-order valence-corrected chi connectivity index (χ1v) is 8.79. The van der Waals surface area contributed by atoms with Crippen LogP contribution in [0.15, 0.2) is 23.1 Å². The van der Waals surface area contributed by atoms with Gasteiger partial charge in [-0.25, -0.2) is 0 Å². The predicted molar refractivity (Wildman–Crippen MR) is 89.9 cm³/mol. The number of hydrogen-bond acceptors (Lipinski definition) is 3. The van der Waals surface area contributed by atoms with Crippen molar-refractivity contribution in [3.05, 3.63) is 29.3 Å². The number of carbonyl (C=O) groups excluding carboxylic acids is 1. The molecule has 0 aromatic heterocycles. The Morgan fingerprint density at radius 2 is 2.05 bits per heavy atom. The molecule has 3 nitrogen and oxygen atoms in total. The van der Waals surface area contributed by atoms with Gasteiger partial charge in [0.2, 0.25) is 5.91 Å². The molecule has 2 rings (SSSR count). The van der Waals surface area contributed by atoms with E-state index < -0.39 is 0 Å². The number of nitrogens with one attached hydrogen (secondary N) is 1. The lowest BCUT2D eigenvalue weighted by Gasteiger charge is -2.31. The number of amides is 1. The number of rotatable bonds is 5. The summed E-state index contributed by atoms with van der Waals surface area (Å²) in [7, 11) is 0. The topological polar surface area (TPSA) is 32.3 Å². The van der Waals surface area contributed by atoms with Crippen LogP contribution in [-0.4, -0.2) is 42.2 Å². The normalized spacial score (nSPS) is 16.9. The Balaban J connectivity index is 1.75. The summed E-state index contributed by atoms with van der Waals surface area (Å²) in [5, 5.41) is 3.18. The van der Waals surface area contributed by atoms with Gasteiger partial charge in [0.15, 0.2) is 0 Å². The van der Waals surface area contributed by atoms with E-state index in [4.69, 9.17) is 0 Å². The smallest absolute Gasteiger partial charge is 0.230 e. The van der Waals surface area contributed by atoms with E-state index in [-0.39, 0.29) is 5.91 Å². The highest BCUT2D eigenvalue weighted by Crippen LogP contribution is 2.23. The predicted octanol–water partition coefficient (Wildman–Crippen LogP) is 3.00. The molecule has 0 bridgehead atoms. The van der Waals surface area contributed by atoms with E-state index in [9.17, 15) is 4.79 Å². The Morgan fingerprint density at radius 3 is 2.67 bits per heavy atom. The van der Waals surface area contributed by atoms with Crippen LogP contribution >= 0.6 is 11.8 Å². The molecule has 0 atom stereocenters. The largest absolute Gasteiger partial charge is 0.353 e. The summed E-state index contributed by atoms with van der Waals surface area (Å²) in [5.74, 6) is 0.674. The lowest BCUT2D eigenvalue weighted by atomic mass is 10.1. The zero-order valence-corrected chi connectivity index (χ0v) is 14.1. The van der Waals surface area contributed by atoms with Gasteiger partial charge in [0.25, 0.3) is 0 Å². The number of carbonyl (C=O) groups is 1. The summed E-state index contributed by atoms with van der Waals surface area (Å²) in [6.07, 6.45) is 2.15. The third kappa shape index (κ3) is 5.04. The van der Waals surface area contributed by atoms with E-state index in [1.807, 2.05) is 0 Å². The summed E-state index contributed by atoms with van der Waals surface area (Å²) < 4.78 is 0. The minimum absolute atomic E-state index is 0.162. The summed E-state index contributed by atoms with van der Waals surface area (Å²) >= 11 is 1.64. The number of piperidine rings is 1. The maximum atomic E-state index is 12.1. The molecule has 1 aromatic rings. The molecule has 1 aromatic carbocycles. The molecule has 116 valence electrons. The van der Waals surface area contributed by atoms with Crippen molar-refractivity contribution in [3.63, 3.8) is 0 Å². The molecule has 1 heterocycles. The molecule has 1 saturated heterocycles. The van der Waals surface area contributed by atoms with Gasteiger partial charge in [0, 0.05) is 24.0 Å². The molecule has 0 unspecified atom stereocenters. The highest BCUT2D eigenvalue weighted by atomic mass is 32.2. The molecule has 0 saturated carbocycles.